The van der Waals surface area contributed by atoms with Crippen LogP contribution in [0.1, 0.15) is 46.5 Å². The zero-order valence-electron chi connectivity index (χ0n) is 11.4. The van der Waals surface area contributed by atoms with Gasteiger partial charge in [0.25, 0.3) is 0 Å². The van der Waals surface area contributed by atoms with E-state index < -0.39 is 11.9 Å². The summed E-state index contributed by atoms with van der Waals surface area (Å²) < 4.78 is 0. The Morgan fingerprint density at radius 2 is 2.17 bits per heavy atom. The molecule has 100 valence electrons. The lowest BCUT2D eigenvalue weighted by Gasteiger charge is -2.47. The molecule has 2 rings (SSSR count). The van der Waals surface area contributed by atoms with Crippen LogP contribution >= 0.6 is 0 Å². The summed E-state index contributed by atoms with van der Waals surface area (Å²) in [6.07, 6.45) is 5.98. The largest absolute Gasteiger partial charge is 0.481 e. The number of aliphatic carboxylic acids is 1. The summed E-state index contributed by atoms with van der Waals surface area (Å²) in [5.41, 5.74) is 0.528. The van der Waals surface area contributed by atoms with Gasteiger partial charge >= 0.3 is 5.97 Å². The van der Waals surface area contributed by atoms with E-state index in [1.54, 1.807) is 6.92 Å². The Labute approximate surface area is 108 Å². The van der Waals surface area contributed by atoms with Crippen LogP contribution in [0.4, 0.5) is 0 Å². The molecule has 2 aliphatic carbocycles. The van der Waals surface area contributed by atoms with Crippen LogP contribution in [0.2, 0.25) is 0 Å². The van der Waals surface area contributed by atoms with E-state index in [0.29, 0.717) is 23.8 Å². The van der Waals surface area contributed by atoms with Crippen molar-refractivity contribution in [1.29, 1.82) is 0 Å². The summed E-state index contributed by atoms with van der Waals surface area (Å²) in [5, 5.41) is 9.10. The fraction of sp³-hybridized carbons (Fsp3) is 0.733. The van der Waals surface area contributed by atoms with Crippen molar-refractivity contribution in [3.63, 3.8) is 0 Å². The van der Waals surface area contributed by atoms with Crippen LogP contribution in [0.5, 0.6) is 0 Å². The highest BCUT2D eigenvalue weighted by atomic mass is 16.4. The number of carbonyl (C=O) groups excluding carboxylic acids is 1. The SMILES string of the molecule is C[C@H](C(=O)O)C1=C[C@@]2(C)[C@H](CCC[C@@H]2C)CC1=O. The third kappa shape index (κ3) is 2.00. The van der Waals surface area contributed by atoms with Crippen LogP contribution in [0.15, 0.2) is 11.6 Å². The molecule has 0 aromatic heterocycles. The predicted molar refractivity (Wildman–Crippen MR) is 69.1 cm³/mol. The smallest absolute Gasteiger partial charge is 0.310 e. The maximum atomic E-state index is 12.1. The molecule has 0 aromatic rings. The monoisotopic (exact) mass is 250 g/mol. The molecule has 0 spiro atoms. The Balaban J connectivity index is 2.39. The topological polar surface area (TPSA) is 54.4 Å². The number of rotatable bonds is 2. The number of hydrogen-bond donors (Lipinski definition) is 1. The number of allylic oxidation sites excluding steroid dienone is 1. The van der Waals surface area contributed by atoms with Crippen molar-refractivity contribution < 1.29 is 14.7 Å². The molecule has 0 bridgehead atoms. The summed E-state index contributed by atoms with van der Waals surface area (Å²) in [4.78, 5) is 23.2. The van der Waals surface area contributed by atoms with Crippen LogP contribution < -0.4 is 0 Å². The number of fused-ring (bicyclic) bond motifs is 1. The first kappa shape index (κ1) is 13.3. The minimum Gasteiger partial charge on any atom is -0.481 e. The number of ketones is 1. The maximum absolute atomic E-state index is 12.1. The lowest BCUT2D eigenvalue weighted by atomic mass is 9.56. The highest BCUT2D eigenvalue weighted by Crippen LogP contribution is 2.51. The van der Waals surface area contributed by atoms with Crippen LogP contribution in [0, 0.1) is 23.2 Å². The average Bonchev–Trinajstić information content (AvgIpc) is 2.30. The van der Waals surface area contributed by atoms with E-state index in [2.05, 4.69) is 13.8 Å². The second kappa shape index (κ2) is 4.52. The maximum Gasteiger partial charge on any atom is 0.310 e. The number of carbonyl (C=O) groups is 2. The lowest BCUT2D eigenvalue weighted by molar-refractivity contribution is -0.141. The molecule has 4 atom stereocenters. The second-order valence-electron chi connectivity index (χ2n) is 6.18. The highest BCUT2D eigenvalue weighted by Gasteiger charge is 2.45. The molecule has 1 fully saturated rings. The standard InChI is InChI=1S/C15H22O3/c1-9-5-4-6-11-7-13(16)12(8-15(9,11)3)10(2)14(17)18/h8-11H,4-7H2,1-3H3,(H,17,18)/t9-,10-,11+,15+/m0/s1. The van der Waals surface area contributed by atoms with Gasteiger partial charge in [-0.25, -0.2) is 0 Å². The molecule has 0 amide bonds. The van der Waals surface area contributed by atoms with Gasteiger partial charge in [-0.3, -0.25) is 9.59 Å². The average molecular weight is 250 g/mol. The molecular formula is C15H22O3. The minimum absolute atomic E-state index is 0.00516. The van der Waals surface area contributed by atoms with E-state index in [0.717, 1.165) is 6.42 Å². The highest BCUT2D eigenvalue weighted by molar-refractivity contribution is 6.01. The van der Waals surface area contributed by atoms with Gasteiger partial charge in [0, 0.05) is 12.0 Å². The fourth-order valence-electron chi connectivity index (χ4n) is 3.53. The quantitative estimate of drug-likeness (QED) is 0.819. The number of carboxylic acid groups (broad SMARTS) is 1. The summed E-state index contributed by atoms with van der Waals surface area (Å²) in [5.74, 6) is -0.607. The summed E-state index contributed by atoms with van der Waals surface area (Å²) in [7, 11) is 0. The van der Waals surface area contributed by atoms with Gasteiger partial charge in [-0.1, -0.05) is 26.3 Å². The normalized spacial score (nSPS) is 37.7. The van der Waals surface area contributed by atoms with Gasteiger partial charge in [0.15, 0.2) is 5.78 Å². The zero-order valence-corrected chi connectivity index (χ0v) is 11.4. The minimum atomic E-state index is -0.903. The molecule has 0 radical (unpaired) electrons. The van der Waals surface area contributed by atoms with Crippen molar-refractivity contribution in [3.8, 4) is 0 Å². The number of carboxylic acids is 1. The number of hydrogen-bond acceptors (Lipinski definition) is 2. The molecular weight excluding hydrogens is 228 g/mol. The molecule has 1 N–H and O–H groups in total. The molecule has 3 nitrogen and oxygen atoms in total. The third-order valence-electron chi connectivity index (χ3n) is 5.19. The second-order valence-corrected chi connectivity index (χ2v) is 6.18. The first-order chi connectivity index (χ1) is 8.36. The van der Waals surface area contributed by atoms with Gasteiger partial charge in [0.1, 0.15) is 0 Å². The van der Waals surface area contributed by atoms with Crippen LogP contribution in [-0.2, 0) is 9.59 Å². The van der Waals surface area contributed by atoms with Crippen LogP contribution in [0.25, 0.3) is 0 Å². The number of Topliss-reactive ketones (excluding diaryl/α,β-unsaturated/α-hetero) is 1. The Bertz CT molecular complexity index is 410. The molecule has 0 unspecified atom stereocenters. The zero-order chi connectivity index (χ0) is 13.5. The van der Waals surface area contributed by atoms with Crippen LogP contribution in [-0.4, -0.2) is 16.9 Å². The van der Waals surface area contributed by atoms with Gasteiger partial charge in [0.2, 0.25) is 0 Å². The molecule has 0 aliphatic heterocycles. The molecule has 1 saturated carbocycles. The molecule has 3 heteroatoms. The molecule has 0 heterocycles. The van der Waals surface area contributed by atoms with E-state index >= 15 is 0 Å². The van der Waals surface area contributed by atoms with E-state index in [9.17, 15) is 9.59 Å². The van der Waals surface area contributed by atoms with Crippen molar-refractivity contribution in [1.82, 2.24) is 0 Å². The first-order valence-electron chi connectivity index (χ1n) is 6.85. The van der Waals surface area contributed by atoms with Gasteiger partial charge < -0.3 is 5.11 Å². The predicted octanol–water partition coefficient (Wildman–Crippen LogP) is 3.05. The van der Waals surface area contributed by atoms with Crippen molar-refractivity contribution in [2.75, 3.05) is 0 Å². The molecule has 2 aliphatic rings. The Morgan fingerprint density at radius 1 is 1.50 bits per heavy atom. The molecule has 18 heavy (non-hydrogen) atoms. The van der Waals surface area contributed by atoms with E-state index in [1.165, 1.54) is 12.8 Å². The van der Waals surface area contributed by atoms with Gasteiger partial charge in [-0.15, -0.1) is 0 Å². The third-order valence-corrected chi connectivity index (χ3v) is 5.19. The van der Waals surface area contributed by atoms with Gasteiger partial charge in [-0.2, -0.15) is 0 Å². The van der Waals surface area contributed by atoms with Crippen molar-refractivity contribution in [2.24, 2.45) is 23.2 Å². The van der Waals surface area contributed by atoms with Gasteiger partial charge in [-0.05, 0) is 37.0 Å². The summed E-state index contributed by atoms with van der Waals surface area (Å²) in [6, 6.07) is 0. The summed E-state index contributed by atoms with van der Waals surface area (Å²) in [6.45, 7) is 6.03. The Morgan fingerprint density at radius 3 is 2.78 bits per heavy atom. The molecule has 0 aromatic carbocycles. The van der Waals surface area contributed by atoms with Crippen molar-refractivity contribution in [3.05, 3.63) is 11.6 Å². The molecule has 0 saturated heterocycles. The van der Waals surface area contributed by atoms with Gasteiger partial charge in [0.05, 0.1) is 5.92 Å². The fourth-order valence-corrected chi connectivity index (χ4v) is 3.53. The Kier molecular flexibility index (Phi) is 3.35. The van der Waals surface area contributed by atoms with E-state index in [4.69, 9.17) is 5.11 Å². The summed E-state index contributed by atoms with van der Waals surface area (Å²) >= 11 is 0. The van der Waals surface area contributed by atoms with Crippen molar-refractivity contribution >= 4 is 11.8 Å². The van der Waals surface area contributed by atoms with Crippen LogP contribution in [0.3, 0.4) is 0 Å². The lowest BCUT2D eigenvalue weighted by Crippen LogP contribution is -2.42. The first-order valence-corrected chi connectivity index (χ1v) is 6.85. The Hall–Kier alpha value is -1.12. The van der Waals surface area contributed by atoms with E-state index in [-0.39, 0.29) is 11.2 Å². The van der Waals surface area contributed by atoms with Crippen molar-refractivity contribution in [2.45, 2.75) is 46.5 Å². The van der Waals surface area contributed by atoms with E-state index in [1.807, 2.05) is 6.08 Å².